The normalized spacial score (nSPS) is 17.1. The number of ether oxygens (including phenoxy) is 2. The summed E-state index contributed by atoms with van der Waals surface area (Å²) in [6.07, 6.45) is 1.13. The Balaban J connectivity index is 1.53. The van der Waals surface area contributed by atoms with E-state index >= 15 is 8.78 Å². The standard InChI is InChI=1S/C31H28ClF3N8O2S/c1-13(14-5-4-6-39-28(14)37)10-40-30-15-7-17(32)23(24-18(33)8-19(34)27-22(24)16(9-36)29(38)46-27)25(35)26(15)41-31(42-30)45-21-12-44-11-20(21)43(2)3/h4-8,13,20-21H,10-12,38H2,1-3H3,(H2,37,39)(H,40,41,42)/t13-,20-,21-/m0/s1. The molecule has 1 aliphatic rings. The van der Waals surface area contributed by atoms with E-state index in [-0.39, 0.29) is 67.0 Å². The minimum Gasteiger partial charge on any atom is -0.456 e. The van der Waals surface area contributed by atoms with Crippen LogP contribution in [0.5, 0.6) is 6.01 Å². The molecule has 0 saturated carbocycles. The number of thiophene rings is 1. The molecule has 5 aromatic rings. The molecule has 15 heteroatoms. The fourth-order valence-corrected chi connectivity index (χ4v) is 6.85. The van der Waals surface area contributed by atoms with Gasteiger partial charge in [0.25, 0.3) is 0 Å². The van der Waals surface area contributed by atoms with Crippen molar-refractivity contribution in [1.82, 2.24) is 19.9 Å². The van der Waals surface area contributed by atoms with Gasteiger partial charge in [-0.1, -0.05) is 24.6 Å². The Morgan fingerprint density at radius 2 is 1.98 bits per heavy atom. The minimum absolute atomic E-state index is 0.0392. The maximum Gasteiger partial charge on any atom is 0.319 e. The van der Waals surface area contributed by atoms with Crippen molar-refractivity contribution >= 4 is 60.6 Å². The molecule has 1 fully saturated rings. The average Bonchev–Trinajstić information content (AvgIpc) is 3.62. The quantitative estimate of drug-likeness (QED) is 0.182. The first-order valence-corrected chi connectivity index (χ1v) is 15.3. The number of nitrogens with two attached hydrogens (primary N) is 2. The Hall–Kier alpha value is -4.42. The van der Waals surface area contributed by atoms with E-state index in [1.54, 1.807) is 12.3 Å². The zero-order valence-electron chi connectivity index (χ0n) is 24.9. The Bertz CT molecular complexity index is 2040. The monoisotopic (exact) mass is 668 g/mol. The van der Waals surface area contributed by atoms with Gasteiger partial charge in [0, 0.05) is 46.6 Å². The van der Waals surface area contributed by atoms with Crippen LogP contribution in [0.4, 0.5) is 29.8 Å². The maximum atomic E-state index is 16.8. The van der Waals surface area contributed by atoms with Gasteiger partial charge in [-0.2, -0.15) is 15.2 Å². The summed E-state index contributed by atoms with van der Waals surface area (Å²) in [5, 5.41) is 12.8. The van der Waals surface area contributed by atoms with Crippen molar-refractivity contribution in [3.05, 3.63) is 64.1 Å². The molecular weight excluding hydrogens is 641 g/mol. The van der Waals surface area contributed by atoms with E-state index in [2.05, 4.69) is 20.3 Å². The van der Waals surface area contributed by atoms with Gasteiger partial charge in [0.15, 0.2) is 5.82 Å². The number of pyridine rings is 1. The first-order chi connectivity index (χ1) is 22.0. The molecule has 0 radical (unpaired) electrons. The number of hydrogen-bond donors (Lipinski definition) is 3. The van der Waals surface area contributed by atoms with E-state index in [1.807, 2.05) is 38.1 Å². The van der Waals surface area contributed by atoms with Crippen molar-refractivity contribution in [2.45, 2.75) is 25.0 Å². The number of rotatable bonds is 8. The van der Waals surface area contributed by atoms with Gasteiger partial charge in [0.05, 0.1) is 34.5 Å². The van der Waals surface area contributed by atoms with E-state index in [9.17, 15) is 9.65 Å². The molecule has 2 aromatic carbocycles. The van der Waals surface area contributed by atoms with Crippen LogP contribution in [0, 0.1) is 28.8 Å². The van der Waals surface area contributed by atoms with Gasteiger partial charge < -0.3 is 31.2 Å². The Labute approximate surface area is 270 Å². The van der Waals surface area contributed by atoms with E-state index < -0.39 is 34.7 Å². The topological polar surface area (TPSA) is 148 Å². The molecular formula is C31H28ClF3N8O2S. The number of fused-ring (bicyclic) bond motifs is 2. The molecule has 0 aliphatic carbocycles. The van der Waals surface area contributed by atoms with E-state index in [1.165, 1.54) is 6.07 Å². The van der Waals surface area contributed by atoms with E-state index in [0.717, 1.165) is 16.9 Å². The molecule has 1 saturated heterocycles. The van der Waals surface area contributed by atoms with Gasteiger partial charge in [-0.05, 0) is 31.8 Å². The fraction of sp³-hybridized carbons (Fsp3) is 0.290. The summed E-state index contributed by atoms with van der Waals surface area (Å²) in [5.41, 5.74) is 11.6. The third-order valence-electron chi connectivity index (χ3n) is 8.02. The summed E-state index contributed by atoms with van der Waals surface area (Å²) < 4.78 is 58.8. The van der Waals surface area contributed by atoms with Gasteiger partial charge in [0.1, 0.15) is 46.0 Å². The van der Waals surface area contributed by atoms with Gasteiger partial charge >= 0.3 is 6.01 Å². The highest BCUT2D eigenvalue weighted by Gasteiger charge is 2.33. The van der Waals surface area contributed by atoms with Gasteiger partial charge in [-0.15, -0.1) is 11.3 Å². The molecule has 238 valence electrons. The third-order valence-corrected chi connectivity index (χ3v) is 9.34. The predicted octanol–water partition coefficient (Wildman–Crippen LogP) is 5.94. The molecule has 3 atom stereocenters. The summed E-state index contributed by atoms with van der Waals surface area (Å²) >= 11 is 7.43. The number of nitrogens with zero attached hydrogens (tertiary/aromatic N) is 5. The molecule has 6 rings (SSSR count). The summed E-state index contributed by atoms with van der Waals surface area (Å²) in [6, 6.07) is 7.24. The number of benzene rings is 2. The number of hydrogen-bond acceptors (Lipinski definition) is 11. The molecule has 5 N–H and O–H groups in total. The second-order valence-electron chi connectivity index (χ2n) is 11.2. The smallest absolute Gasteiger partial charge is 0.319 e. The Kier molecular flexibility index (Phi) is 8.51. The number of nitrogen functional groups attached to an aromatic ring is 2. The van der Waals surface area contributed by atoms with Crippen LogP contribution in [-0.4, -0.2) is 65.9 Å². The molecule has 0 unspecified atom stereocenters. The summed E-state index contributed by atoms with van der Waals surface area (Å²) in [5.74, 6) is -2.64. The van der Waals surface area contributed by atoms with Crippen molar-refractivity contribution in [2.24, 2.45) is 0 Å². The minimum atomic E-state index is -1.12. The lowest BCUT2D eigenvalue weighted by molar-refractivity contribution is 0.117. The van der Waals surface area contributed by atoms with Crippen molar-refractivity contribution in [3.63, 3.8) is 0 Å². The SMILES string of the molecule is C[C@@H](CNc1nc(O[C@H]2COC[C@@H]2N(C)C)nc2c(F)c(-c3c(F)cc(F)c4sc(N)c(C#N)c34)c(Cl)cc12)c1cccnc1N. The summed E-state index contributed by atoms with van der Waals surface area (Å²) in [6.45, 7) is 2.92. The van der Waals surface area contributed by atoms with Crippen molar-refractivity contribution in [2.75, 3.05) is 50.6 Å². The second kappa shape index (κ2) is 12.4. The van der Waals surface area contributed by atoms with Crippen LogP contribution in [-0.2, 0) is 4.74 Å². The molecule has 0 amide bonds. The number of aromatic nitrogens is 3. The summed E-state index contributed by atoms with van der Waals surface area (Å²) in [7, 11) is 3.77. The summed E-state index contributed by atoms with van der Waals surface area (Å²) in [4.78, 5) is 15.1. The van der Waals surface area contributed by atoms with Crippen LogP contribution >= 0.6 is 22.9 Å². The molecule has 10 nitrogen and oxygen atoms in total. The lowest BCUT2D eigenvalue weighted by atomic mass is 9.96. The zero-order chi connectivity index (χ0) is 32.9. The fourth-order valence-electron chi connectivity index (χ4n) is 5.63. The second-order valence-corrected chi connectivity index (χ2v) is 12.6. The number of nitrogens with one attached hydrogen (secondary N) is 1. The van der Waals surface area contributed by atoms with Gasteiger partial charge in [-0.25, -0.2) is 18.2 Å². The molecule has 3 aromatic heterocycles. The van der Waals surface area contributed by atoms with Crippen molar-refractivity contribution < 1.29 is 22.6 Å². The van der Waals surface area contributed by atoms with Crippen LogP contribution in [0.25, 0.3) is 32.1 Å². The van der Waals surface area contributed by atoms with Crippen LogP contribution in [0.2, 0.25) is 5.02 Å². The highest BCUT2D eigenvalue weighted by molar-refractivity contribution is 7.23. The maximum absolute atomic E-state index is 16.8. The number of nitriles is 1. The van der Waals surface area contributed by atoms with Crippen LogP contribution in [0.1, 0.15) is 24.0 Å². The number of likely N-dealkylation sites (N-methyl/N-ethyl adjacent to an activating group) is 1. The Morgan fingerprint density at radius 1 is 1.20 bits per heavy atom. The van der Waals surface area contributed by atoms with Crippen LogP contribution < -0.4 is 21.5 Å². The zero-order valence-corrected chi connectivity index (χ0v) is 26.4. The molecule has 0 bridgehead atoms. The van der Waals surface area contributed by atoms with Crippen LogP contribution in [0.3, 0.4) is 0 Å². The van der Waals surface area contributed by atoms with Crippen molar-refractivity contribution in [1.29, 1.82) is 5.26 Å². The highest BCUT2D eigenvalue weighted by Crippen LogP contribution is 2.46. The first kappa shape index (κ1) is 31.6. The lowest BCUT2D eigenvalue weighted by Gasteiger charge is -2.24. The molecule has 1 aliphatic heterocycles. The van der Waals surface area contributed by atoms with Gasteiger partial charge in [0.2, 0.25) is 0 Å². The molecule has 0 spiro atoms. The van der Waals surface area contributed by atoms with E-state index in [0.29, 0.717) is 25.0 Å². The lowest BCUT2D eigenvalue weighted by Crippen LogP contribution is -2.41. The number of anilines is 3. The third kappa shape index (κ3) is 5.49. The van der Waals surface area contributed by atoms with Crippen molar-refractivity contribution in [3.8, 4) is 23.2 Å². The predicted molar refractivity (Wildman–Crippen MR) is 173 cm³/mol. The highest BCUT2D eigenvalue weighted by atomic mass is 35.5. The molecule has 4 heterocycles. The number of halogens is 4. The van der Waals surface area contributed by atoms with Crippen LogP contribution in [0.15, 0.2) is 30.5 Å². The van der Waals surface area contributed by atoms with Gasteiger partial charge in [-0.3, -0.25) is 0 Å². The first-order valence-electron chi connectivity index (χ1n) is 14.1. The average molecular weight is 669 g/mol. The largest absolute Gasteiger partial charge is 0.456 e. The Morgan fingerprint density at radius 3 is 2.70 bits per heavy atom. The van der Waals surface area contributed by atoms with E-state index in [4.69, 9.17) is 32.5 Å². The molecule has 46 heavy (non-hydrogen) atoms.